The molecule has 106 valence electrons. The topological polar surface area (TPSA) is 73.9 Å². The van der Waals surface area contributed by atoms with Crippen LogP contribution in [0.25, 0.3) is 10.9 Å². The van der Waals surface area contributed by atoms with Crippen molar-refractivity contribution in [3.63, 3.8) is 0 Å². The number of benzene rings is 1. The zero-order chi connectivity index (χ0) is 14.7. The van der Waals surface area contributed by atoms with Crippen molar-refractivity contribution in [3.8, 4) is 11.8 Å². The first kappa shape index (κ1) is 13.5. The van der Waals surface area contributed by atoms with Gasteiger partial charge < -0.3 is 10.5 Å². The molecule has 21 heavy (non-hydrogen) atoms. The fourth-order valence-corrected chi connectivity index (χ4v) is 2.09. The molecule has 0 fully saturated rings. The number of aromatic nitrogens is 3. The molecule has 0 amide bonds. The quantitative estimate of drug-likeness (QED) is 0.795. The molecule has 0 aliphatic heterocycles. The van der Waals surface area contributed by atoms with Gasteiger partial charge >= 0.3 is 6.01 Å². The van der Waals surface area contributed by atoms with E-state index >= 15 is 0 Å². The summed E-state index contributed by atoms with van der Waals surface area (Å²) < 4.78 is 5.65. The van der Waals surface area contributed by atoms with Crippen LogP contribution < -0.4 is 10.5 Å². The molecule has 1 aromatic carbocycles. The lowest BCUT2D eigenvalue weighted by Crippen LogP contribution is -2.17. The number of pyridine rings is 1. The standard InChI is InChI=1S/C16H16N4O/c1-11(17)7-12-9-19-16(20-10-12)21-14-5-4-13-3-2-6-18-15(13)8-14/h2-6,8-11H,7,17H2,1H3. The highest BCUT2D eigenvalue weighted by Crippen LogP contribution is 2.22. The lowest BCUT2D eigenvalue weighted by atomic mass is 10.1. The Labute approximate surface area is 122 Å². The minimum atomic E-state index is 0.0898. The van der Waals surface area contributed by atoms with Gasteiger partial charge in [0.2, 0.25) is 0 Å². The fraction of sp³-hybridized carbons (Fsp3) is 0.188. The third-order valence-electron chi connectivity index (χ3n) is 3.03. The second kappa shape index (κ2) is 5.85. The number of rotatable bonds is 4. The number of fused-ring (bicyclic) bond motifs is 1. The van der Waals surface area contributed by atoms with E-state index in [9.17, 15) is 0 Å². The van der Waals surface area contributed by atoms with E-state index in [1.165, 1.54) is 0 Å². The van der Waals surface area contributed by atoms with Gasteiger partial charge in [-0.1, -0.05) is 6.07 Å². The van der Waals surface area contributed by atoms with Crippen LogP contribution in [0.15, 0.2) is 48.9 Å². The van der Waals surface area contributed by atoms with E-state index in [1.54, 1.807) is 18.6 Å². The minimum absolute atomic E-state index is 0.0898. The normalized spacial score (nSPS) is 12.3. The second-order valence-corrected chi connectivity index (χ2v) is 5.02. The molecule has 1 unspecified atom stereocenters. The van der Waals surface area contributed by atoms with Crippen LogP contribution >= 0.6 is 0 Å². The maximum Gasteiger partial charge on any atom is 0.321 e. The van der Waals surface area contributed by atoms with Crippen LogP contribution in [0, 0.1) is 0 Å². The first-order valence-electron chi connectivity index (χ1n) is 6.80. The van der Waals surface area contributed by atoms with Crippen molar-refractivity contribution in [2.24, 2.45) is 5.73 Å². The third kappa shape index (κ3) is 3.32. The van der Waals surface area contributed by atoms with Crippen molar-refractivity contribution in [3.05, 3.63) is 54.5 Å². The number of nitrogens with zero attached hydrogens (tertiary/aromatic N) is 3. The van der Waals surface area contributed by atoms with Gasteiger partial charge in [0.05, 0.1) is 5.52 Å². The zero-order valence-electron chi connectivity index (χ0n) is 11.7. The summed E-state index contributed by atoms with van der Waals surface area (Å²) in [7, 11) is 0. The molecule has 0 bridgehead atoms. The van der Waals surface area contributed by atoms with Crippen molar-refractivity contribution < 1.29 is 4.74 Å². The lowest BCUT2D eigenvalue weighted by molar-refractivity contribution is 0.441. The van der Waals surface area contributed by atoms with Gasteiger partial charge in [-0.15, -0.1) is 0 Å². The zero-order valence-corrected chi connectivity index (χ0v) is 11.7. The smallest absolute Gasteiger partial charge is 0.321 e. The molecule has 0 aliphatic rings. The first-order valence-corrected chi connectivity index (χ1v) is 6.80. The van der Waals surface area contributed by atoms with Crippen LogP contribution in [0.3, 0.4) is 0 Å². The molecule has 5 nitrogen and oxygen atoms in total. The highest BCUT2D eigenvalue weighted by molar-refractivity contribution is 5.79. The molecule has 3 aromatic rings. The van der Waals surface area contributed by atoms with E-state index in [-0.39, 0.29) is 6.04 Å². The number of hydrogen-bond donors (Lipinski definition) is 1. The van der Waals surface area contributed by atoms with Crippen LogP contribution in [0.1, 0.15) is 12.5 Å². The summed E-state index contributed by atoms with van der Waals surface area (Å²) in [6.07, 6.45) is 5.99. The first-order chi connectivity index (χ1) is 10.2. The van der Waals surface area contributed by atoms with E-state index in [4.69, 9.17) is 10.5 Å². The van der Waals surface area contributed by atoms with E-state index in [1.807, 2.05) is 37.3 Å². The van der Waals surface area contributed by atoms with Gasteiger partial charge in [0.25, 0.3) is 0 Å². The van der Waals surface area contributed by atoms with Gasteiger partial charge in [0.15, 0.2) is 0 Å². The molecule has 0 radical (unpaired) electrons. The van der Waals surface area contributed by atoms with E-state index < -0.39 is 0 Å². The van der Waals surface area contributed by atoms with E-state index in [0.29, 0.717) is 11.8 Å². The summed E-state index contributed by atoms with van der Waals surface area (Å²) in [5.74, 6) is 0.668. The maximum absolute atomic E-state index is 5.75. The Morgan fingerprint density at radius 2 is 1.95 bits per heavy atom. The molecule has 3 rings (SSSR count). The minimum Gasteiger partial charge on any atom is -0.424 e. The van der Waals surface area contributed by atoms with Gasteiger partial charge in [-0.25, -0.2) is 9.97 Å². The molecule has 0 spiro atoms. The summed E-state index contributed by atoms with van der Waals surface area (Å²) in [5, 5.41) is 1.07. The van der Waals surface area contributed by atoms with Crippen LogP contribution in [0.2, 0.25) is 0 Å². The molecular formula is C16H16N4O. The van der Waals surface area contributed by atoms with Crippen LogP contribution in [0.5, 0.6) is 11.8 Å². The van der Waals surface area contributed by atoms with Gasteiger partial charge in [0.1, 0.15) is 5.75 Å². The number of ether oxygens (including phenoxy) is 1. The summed E-state index contributed by atoms with van der Waals surface area (Å²) in [6.45, 7) is 1.95. The molecule has 2 heterocycles. The van der Waals surface area contributed by atoms with Crippen molar-refractivity contribution in [2.75, 3.05) is 0 Å². The van der Waals surface area contributed by atoms with Gasteiger partial charge in [-0.05, 0) is 37.1 Å². The third-order valence-corrected chi connectivity index (χ3v) is 3.03. The predicted molar refractivity (Wildman–Crippen MR) is 81.2 cm³/mol. The largest absolute Gasteiger partial charge is 0.424 e. The van der Waals surface area contributed by atoms with Crippen LogP contribution in [-0.4, -0.2) is 21.0 Å². The average Bonchev–Trinajstić information content (AvgIpc) is 2.49. The molecule has 0 aliphatic carbocycles. The van der Waals surface area contributed by atoms with Gasteiger partial charge in [0, 0.05) is 36.1 Å². The Hall–Kier alpha value is -2.53. The predicted octanol–water partition coefficient (Wildman–Crippen LogP) is 2.71. The number of nitrogens with two attached hydrogens (primary N) is 1. The van der Waals surface area contributed by atoms with E-state index in [2.05, 4.69) is 15.0 Å². The highest BCUT2D eigenvalue weighted by Gasteiger charge is 2.04. The average molecular weight is 280 g/mol. The molecule has 0 saturated heterocycles. The summed E-state index contributed by atoms with van der Waals surface area (Å²) >= 11 is 0. The SMILES string of the molecule is CC(N)Cc1cnc(Oc2ccc3cccnc3c2)nc1. The number of hydrogen-bond acceptors (Lipinski definition) is 5. The summed E-state index contributed by atoms with van der Waals surface area (Å²) in [6, 6.07) is 10.0. The Morgan fingerprint density at radius 3 is 2.71 bits per heavy atom. The van der Waals surface area contributed by atoms with Crippen molar-refractivity contribution >= 4 is 10.9 Å². The Bertz CT molecular complexity index is 741. The Kier molecular flexibility index (Phi) is 3.75. The van der Waals surface area contributed by atoms with Crippen LogP contribution in [-0.2, 0) is 6.42 Å². The second-order valence-electron chi connectivity index (χ2n) is 5.02. The monoisotopic (exact) mass is 280 g/mol. The van der Waals surface area contributed by atoms with Crippen molar-refractivity contribution in [1.82, 2.24) is 15.0 Å². The Morgan fingerprint density at radius 1 is 1.14 bits per heavy atom. The van der Waals surface area contributed by atoms with Gasteiger partial charge in [-0.3, -0.25) is 4.98 Å². The van der Waals surface area contributed by atoms with Crippen molar-refractivity contribution in [2.45, 2.75) is 19.4 Å². The lowest BCUT2D eigenvalue weighted by Gasteiger charge is -2.07. The van der Waals surface area contributed by atoms with Crippen molar-refractivity contribution in [1.29, 1.82) is 0 Å². The summed E-state index contributed by atoms with van der Waals surface area (Å²) in [5.41, 5.74) is 7.62. The molecular weight excluding hydrogens is 264 g/mol. The Balaban J connectivity index is 1.78. The molecule has 2 aromatic heterocycles. The summed E-state index contributed by atoms with van der Waals surface area (Å²) in [4.78, 5) is 12.7. The van der Waals surface area contributed by atoms with Gasteiger partial charge in [-0.2, -0.15) is 0 Å². The highest BCUT2D eigenvalue weighted by atomic mass is 16.5. The maximum atomic E-state index is 5.75. The van der Waals surface area contributed by atoms with Crippen LogP contribution in [0.4, 0.5) is 0 Å². The molecule has 1 atom stereocenters. The molecule has 0 saturated carbocycles. The molecule has 2 N–H and O–H groups in total. The fourth-order valence-electron chi connectivity index (χ4n) is 2.09. The molecule has 5 heteroatoms. The van der Waals surface area contributed by atoms with E-state index in [0.717, 1.165) is 22.9 Å².